The number of hydrogen-bond acceptors (Lipinski definition) is 38. The first-order valence-corrected chi connectivity index (χ1v) is 61.3. The molecule has 6 aliphatic rings. The lowest BCUT2D eigenvalue weighted by molar-refractivity contribution is -0.191. The van der Waals surface area contributed by atoms with Gasteiger partial charge in [0.25, 0.3) is 0 Å². The van der Waals surface area contributed by atoms with E-state index in [1.807, 2.05) is 96.9 Å². The molecule has 6 fully saturated rings. The van der Waals surface area contributed by atoms with Crippen LogP contribution in [0.25, 0.3) is 11.3 Å². The van der Waals surface area contributed by atoms with E-state index in [-0.39, 0.29) is 79.8 Å². The molecule has 4 aliphatic heterocycles. The minimum absolute atomic E-state index is 0.0456. The Kier molecular flexibility index (Phi) is 52.3. The third kappa shape index (κ3) is 44.0. The molecular formula is C96H183Cl2N13O27P6. The van der Waals surface area contributed by atoms with Gasteiger partial charge in [0.1, 0.15) is 63.0 Å². The van der Waals surface area contributed by atoms with Gasteiger partial charge < -0.3 is 118 Å². The van der Waals surface area contributed by atoms with Crippen molar-refractivity contribution in [2.45, 2.75) is 429 Å². The van der Waals surface area contributed by atoms with E-state index in [1.165, 1.54) is 12.8 Å². The molecule has 2 saturated carbocycles. The summed E-state index contributed by atoms with van der Waals surface area (Å²) in [6.45, 7) is 70.8. The van der Waals surface area contributed by atoms with Gasteiger partial charge in [0.2, 0.25) is 10.6 Å². The van der Waals surface area contributed by atoms with Crippen molar-refractivity contribution >= 4 is 93.0 Å². The van der Waals surface area contributed by atoms with Crippen molar-refractivity contribution in [2.75, 3.05) is 142 Å². The highest BCUT2D eigenvalue weighted by Crippen LogP contribution is 2.69. The molecule has 4 aromatic rings. The predicted molar refractivity (Wildman–Crippen MR) is 567 cm³/mol. The molecule has 4 aromatic heterocycles. The second kappa shape index (κ2) is 57.6. The average Bonchev–Trinajstić information content (AvgIpc) is 1.58. The fraction of sp³-hybridized carbons (Fsp3) is 0.896. The van der Waals surface area contributed by atoms with Gasteiger partial charge in [0.05, 0.1) is 164 Å². The van der Waals surface area contributed by atoms with Gasteiger partial charge in [0.15, 0.2) is 40.4 Å². The van der Waals surface area contributed by atoms with Crippen molar-refractivity contribution in [1.82, 2.24) is 53.2 Å². The van der Waals surface area contributed by atoms with Crippen LogP contribution in [0.3, 0.4) is 0 Å². The number of nitrogens with one attached hydrogen (secondary N) is 2. The van der Waals surface area contributed by atoms with E-state index >= 15 is 0 Å². The molecule has 2 aliphatic carbocycles. The first-order valence-electron chi connectivity index (χ1n) is 50.8. The molecule has 10 atom stereocenters. The van der Waals surface area contributed by atoms with Gasteiger partial charge in [-0.2, -0.15) is 9.97 Å². The summed E-state index contributed by atoms with van der Waals surface area (Å²) >= 11 is 12.6. The van der Waals surface area contributed by atoms with Crippen LogP contribution in [-0.2, 0) is 116 Å². The van der Waals surface area contributed by atoms with Crippen LogP contribution in [0.5, 0.6) is 0 Å². The minimum Gasteiger partial charge on any atom is -0.394 e. The fourth-order valence-corrected chi connectivity index (χ4v) is 35.9. The van der Waals surface area contributed by atoms with E-state index in [9.17, 15) is 23.4 Å². The Bertz CT molecular complexity index is 4520. The van der Waals surface area contributed by atoms with Crippen molar-refractivity contribution in [3.63, 3.8) is 0 Å². The predicted octanol–water partition coefficient (Wildman–Crippen LogP) is 21.7. The lowest BCUT2D eigenvalue weighted by Crippen LogP contribution is -2.43. The molecule has 144 heavy (non-hydrogen) atoms. The highest BCUT2D eigenvalue weighted by atomic mass is 35.5. The first-order chi connectivity index (χ1) is 66.5. The van der Waals surface area contributed by atoms with E-state index < -0.39 is 135 Å². The Hall–Kier alpha value is -1.98. The number of aliphatic hydroxyl groups excluding tert-OH is 2. The Morgan fingerprint density at radius 2 is 0.764 bits per heavy atom. The lowest BCUT2D eigenvalue weighted by Gasteiger charge is -2.48. The molecule has 0 radical (unpaired) electrons. The standard InChI is InChI=1S/C32H54ClN5O11P2.C21H48N2O3P2.C20H45NO6P2.C18H24ClN5O4.C5H12O3/c1-30(2,3)48-51(40,49-31(4,5)6)20-50(39,43-17-16-42-15-14-41-9)44-19-23-25-26(47-32(7,8)46-25)24(45-23)22-18-34-28-27(35-21-12-10-11-13-21)36-29(33)37-38(22)28;1-16(2)22(17(3)4)27(23(18(5)6)19(7)8)15-28(24,25-20(9,10)11)26-21(12,13)14;1-17(2)21(18(3)4)28(25-15-14-24-13-12-23-11)16-29(22,26-19(5,6)7)27-20(8,9)10;1-18(2)27-13-11(8-25)26-12(14(13)28-18)10-7-20-16-15(21-9-5-3-4-6-9)22-17(19)23-24(10)16;1-7-4-5-8-3-2-6/h18,21,23-26H,10-17,19-20H2,1-9H3,(H,35,36,37);16-19H,15H2,1-14H3;17-18H,12-16H2,1-11H3;7,9,11-14,25H,3-6,8H2,1-2H3,(H,21,22,23);6H,2-5H2,1H3/t23-,24+,25-,26+,50?;;;11-,12+,13-,14+;/m1..1./s1. The van der Waals surface area contributed by atoms with Crippen LogP contribution < -0.4 is 10.6 Å². The van der Waals surface area contributed by atoms with Crippen LogP contribution in [0.4, 0.5) is 11.6 Å². The summed E-state index contributed by atoms with van der Waals surface area (Å²) in [5.74, 6) is -0.569. The molecule has 838 valence electrons. The van der Waals surface area contributed by atoms with Crippen LogP contribution in [0.2, 0.25) is 10.6 Å². The maximum Gasteiger partial charge on any atom is 0.343 e. The van der Waals surface area contributed by atoms with Gasteiger partial charge in [-0.1, -0.05) is 25.7 Å². The summed E-state index contributed by atoms with van der Waals surface area (Å²) in [5.41, 5.74) is -1.69. The molecule has 48 heteroatoms. The normalized spacial score (nSPS) is 21.7. The molecule has 10 rings (SSSR count). The SMILES string of the molecule is CC(C)N(C(C)C)P(CP(=O)(OC(C)(C)C)OC(C)(C)C)N(C(C)C)C(C)C.CC1(C)O[C@@H]2[C@H](O1)[C@@H](CO)O[C@H]2c1cnc2c(NC3CCCC3)nc(Cl)nn12.COCCOCCO.COCCOCCOP(=O)(CP(=O)(OC(C)(C)C)OC(C)(C)C)OC[C@H]1O[C@@H](c2cnc3c(NC4CCCC4)nc(Cl)nn23)[C@@H]2OC(C)(C)O[C@@H]21.COCCOCCOP(CP(=O)(OC(C)(C)C)OC(C)(C)C)N(C(C)C)C(C)C. The Balaban J connectivity index is 0.000000297. The van der Waals surface area contributed by atoms with Gasteiger partial charge in [-0.05, 0) is 284 Å². The summed E-state index contributed by atoms with van der Waals surface area (Å²) in [4.78, 5) is 17.9. The van der Waals surface area contributed by atoms with Crippen molar-refractivity contribution in [3.05, 3.63) is 34.3 Å². The van der Waals surface area contributed by atoms with E-state index in [1.54, 1.807) is 98.1 Å². The van der Waals surface area contributed by atoms with Crippen molar-refractivity contribution in [1.29, 1.82) is 0 Å². The second-order valence-electron chi connectivity index (χ2n) is 45.1. The average molecular weight is 2210 g/mol. The lowest BCUT2D eigenvalue weighted by atomic mass is 10.1. The van der Waals surface area contributed by atoms with Crippen molar-refractivity contribution < 1.29 is 126 Å². The van der Waals surface area contributed by atoms with Crippen LogP contribution in [0.15, 0.2) is 12.4 Å². The molecule has 40 nitrogen and oxygen atoms in total. The third-order valence-corrected chi connectivity index (χ3v) is 40.3. The van der Waals surface area contributed by atoms with Gasteiger partial charge >= 0.3 is 30.4 Å². The zero-order chi connectivity index (χ0) is 108. The maximum absolute atomic E-state index is 14.5. The summed E-state index contributed by atoms with van der Waals surface area (Å²) < 4.78 is 189. The Labute approximate surface area is 872 Å². The zero-order valence-electron chi connectivity index (χ0n) is 93.5. The second-order valence-corrected chi connectivity index (χ2v) is 58.7. The number of aromatic nitrogens is 8. The highest BCUT2D eigenvalue weighted by Gasteiger charge is 2.59. The summed E-state index contributed by atoms with van der Waals surface area (Å²) in [6.07, 6.45) is 7.91. The van der Waals surface area contributed by atoms with Crippen LogP contribution in [0, 0.1) is 0 Å². The molecule has 0 amide bonds. The molecule has 4 N–H and O–H groups in total. The van der Waals surface area contributed by atoms with Crippen LogP contribution in [-0.4, -0.2) is 325 Å². The van der Waals surface area contributed by atoms with Crippen molar-refractivity contribution in [2.24, 2.45) is 0 Å². The monoisotopic (exact) mass is 2210 g/mol. The molecule has 4 saturated heterocycles. The third-order valence-electron chi connectivity index (χ3n) is 21.5. The number of aliphatic hydroxyl groups is 2. The number of halogens is 2. The maximum atomic E-state index is 14.5. The molecule has 0 spiro atoms. The number of methoxy groups -OCH3 is 3. The van der Waals surface area contributed by atoms with Gasteiger partial charge in [-0.3, -0.25) is 32.3 Å². The number of hydrogen-bond donors (Lipinski definition) is 4. The highest BCUT2D eigenvalue weighted by molar-refractivity contribution is 7.72. The molecule has 0 bridgehead atoms. The van der Waals surface area contributed by atoms with Crippen molar-refractivity contribution in [3.8, 4) is 0 Å². The smallest absolute Gasteiger partial charge is 0.343 e. The van der Waals surface area contributed by atoms with E-state index in [0.29, 0.717) is 130 Å². The summed E-state index contributed by atoms with van der Waals surface area (Å²) in [5, 5.41) is 33.8. The molecular weight excluding hydrogens is 2020 g/mol. The quantitative estimate of drug-likeness (QED) is 0.0236. The van der Waals surface area contributed by atoms with Gasteiger partial charge in [0, 0.05) is 69.7 Å². The largest absolute Gasteiger partial charge is 0.394 e. The topological polar surface area (TPSA) is 423 Å². The van der Waals surface area contributed by atoms with E-state index in [4.69, 9.17) is 121 Å². The number of imidazole rings is 2. The zero-order valence-corrected chi connectivity index (χ0v) is 100. The number of ether oxygens (including phenoxy) is 12. The molecule has 8 heterocycles. The van der Waals surface area contributed by atoms with Gasteiger partial charge in [-0.25, -0.2) is 19.0 Å². The fourth-order valence-electron chi connectivity index (χ4n) is 17.6. The minimum atomic E-state index is -4.20. The Morgan fingerprint density at radius 1 is 0.438 bits per heavy atom. The summed E-state index contributed by atoms with van der Waals surface area (Å²) in [7, 11) is -12.3. The molecule has 0 aromatic carbocycles. The van der Waals surface area contributed by atoms with Crippen LogP contribution in [0.1, 0.15) is 310 Å². The first kappa shape index (κ1) is 131. The number of rotatable bonds is 50. The van der Waals surface area contributed by atoms with E-state index in [0.717, 1.165) is 38.5 Å². The van der Waals surface area contributed by atoms with E-state index in [2.05, 4.69) is 143 Å². The van der Waals surface area contributed by atoms with Crippen LogP contribution >= 0.6 is 70.1 Å². The Morgan fingerprint density at radius 3 is 1.11 bits per heavy atom. The number of nitrogens with zero attached hydrogens (tertiary/aromatic N) is 11. The summed E-state index contributed by atoms with van der Waals surface area (Å²) in [6, 6.07) is 2.45. The molecule has 2 unspecified atom stereocenters. The number of fused-ring (bicyclic) bond motifs is 4. The number of anilines is 2. The van der Waals surface area contributed by atoms with Gasteiger partial charge in [-0.15, -0.1) is 10.2 Å².